The van der Waals surface area contributed by atoms with Crippen LogP contribution in [0, 0.1) is 0 Å². The van der Waals surface area contributed by atoms with E-state index in [4.69, 9.17) is 9.72 Å². The maximum Gasteiger partial charge on any atom is 0.306 e. The number of para-hydroxylation sites is 1. The van der Waals surface area contributed by atoms with Crippen molar-refractivity contribution in [3.05, 3.63) is 40.4 Å². The minimum Gasteiger partial charge on any atom is -0.456 e. The summed E-state index contributed by atoms with van der Waals surface area (Å²) in [4.78, 5) is 45.7. The highest BCUT2D eigenvalue weighted by atomic mass is 16.5. The molecule has 3 fully saturated rings. The van der Waals surface area contributed by atoms with Crippen molar-refractivity contribution in [1.82, 2.24) is 14.5 Å². The lowest BCUT2D eigenvalue weighted by Gasteiger charge is -2.41. The molecule has 0 bridgehead atoms. The highest BCUT2D eigenvalue weighted by Crippen LogP contribution is 2.35. The van der Waals surface area contributed by atoms with Crippen LogP contribution in [0.4, 0.5) is 0 Å². The zero-order valence-corrected chi connectivity index (χ0v) is 20.6. The van der Waals surface area contributed by atoms with E-state index in [1.807, 2.05) is 18.2 Å². The average molecular weight is 480 g/mol. The summed E-state index contributed by atoms with van der Waals surface area (Å²) in [7, 11) is 0. The molecule has 1 heterocycles. The van der Waals surface area contributed by atoms with Crippen LogP contribution in [0.25, 0.3) is 10.9 Å². The predicted molar refractivity (Wildman–Crippen MR) is 134 cm³/mol. The van der Waals surface area contributed by atoms with Crippen LogP contribution in [0.5, 0.6) is 0 Å². The molecular formula is C28H37N3O4. The van der Waals surface area contributed by atoms with Gasteiger partial charge < -0.3 is 9.64 Å². The third-order valence-electron chi connectivity index (χ3n) is 7.93. The second-order valence-corrected chi connectivity index (χ2v) is 10.5. The Bertz CT molecular complexity index is 1090. The molecule has 0 saturated heterocycles. The van der Waals surface area contributed by atoms with Crippen LogP contribution in [0.1, 0.15) is 95.3 Å². The molecule has 2 aromatic rings. The smallest absolute Gasteiger partial charge is 0.306 e. The Morgan fingerprint density at radius 2 is 1.54 bits per heavy atom. The molecule has 0 radical (unpaired) electrons. The van der Waals surface area contributed by atoms with E-state index in [1.165, 1.54) is 38.5 Å². The molecule has 188 valence electrons. The first-order chi connectivity index (χ1) is 17.1. The van der Waals surface area contributed by atoms with E-state index in [1.54, 1.807) is 10.6 Å². The fourth-order valence-corrected chi connectivity index (χ4v) is 6.00. The molecule has 3 saturated carbocycles. The number of rotatable bonds is 8. The Kier molecular flexibility index (Phi) is 7.49. The fourth-order valence-electron chi connectivity index (χ4n) is 6.00. The summed E-state index contributed by atoms with van der Waals surface area (Å²) in [5.41, 5.74) is 0.621. The lowest BCUT2D eigenvalue weighted by atomic mass is 9.88. The van der Waals surface area contributed by atoms with Gasteiger partial charge in [-0.1, -0.05) is 50.7 Å². The molecule has 0 unspecified atom stereocenters. The number of hydrogen-bond acceptors (Lipinski definition) is 5. The third kappa shape index (κ3) is 5.60. The standard InChI is InChI=1S/C28H37N3O4/c32-26(30(20-9-3-1-4-10-20)21-11-5-2-6-12-21)19-35-27(33)18-17-25-29-24-14-8-7-13-23(24)28(34)31(25)22-15-16-22/h7-8,13-14,20-22H,1-6,9-12,15-19H2. The van der Waals surface area contributed by atoms with Crippen molar-refractivity contribution >= 4 is 22.8 Å². The first-order valence-corrected chi connectivity index (χ1v) is 13.6. The monoisotopic (exact) mass is 479 g/mol. The molecule has 1 amide bonds. The van der Waals surface area contributed by atoms with Gasteiger partial charge in [0.1, 0.15) is 5.82 Å². The Balaban J connectivity index is 1.22. The zero-order chi connectivity index (χ0) is 24.2. The molecular weight excluding hydrogens is 442 g/mol. The molecule has 7 heteroatoms. The van der Waals surface area contributed by atoms with E-state index in [2.05, 4.69) is 4.90 Å². The van der Waals surface area contributed by atoms with Crippen LogP contribution in [-0.4, -0.2) is 45.0 Å². The van der Waals surface area contributed by atoms with Crippen molar-refractivity contribution in [2.45, 2.75) is 108 Å². The lowest BCUT2D eigenvalue weighted by Crippen LogP contribution is -2.50. The molecule has 0 N–H and O–H groups in total. The summed E-state index contributed by atoms with van der Waals surface area (Å²) in [5, 5.41) is 0.613. The van der Waals surface area contributed by atoms with Gasteiger partial charge in [-0.3, -0.25) is 19.0 Å². The molecule has 0 atom stereocenters. The van der Waals surface area contributed by atoms with E-state index in [0.717, 1.165) is 38.5 Å². The summed E-state index contributed by atoms with van der Waals surface area (Å²) in [6.07, 6.45) is 13.8. The van der Waals surface area contributed by atoms with Crippen LogP contribution in [0.2, 0.25) is 0 Å². The minimum atomic E-state index is -0.407. The van der Waals surface area contributed by atoms with E-state index in [-0.39, 0.29) is 42.6 Å². The van der Waals surface area contributed by atoms with Gasteiger partial charge in [-0.25, -0.2) is 4.98 Å². The first kappa shape index (κ1) is 24.0. The molecule has 7 nitrogen and oxygen atoms in total. The number of carbonyl (C=O) groups excluding carboxylic acids is 2. The van der Waals surface area contributed by atoms with Gasteiger partial charge in [0.05, 0.1) is 17.3 Å². The Labute approximate surface area is 206 Å². The van der Waals surface area contributed by atoms with Gasteiger partial charge in [-0.15, -0.1) is 0 Å². The SMILES string of the molecule is O=C(CCc1nc2ccccc2c(=O)n1C1CC1)OCC(=O)N(C1CCCCC1)C1CCCCC1. The highest BCUT2D eigenvalue weighted by Gasteiger charge is 2.33. The number of carbonyl (C=O) groups is 2. The summed E-state index contributed by atoms with van der Waals surface area (Å²) in [5.74, 6) is 0.178. The van der Waals surface area contributed by atoms with Crippen molar-refractivity contribution in [1.29, 1.82) is 0 Å². The van der Waals surface area contributed by atoms with Crippen molar-refractivity contribution in [2.24, 2.45) is 0 Å². The van der Waals surface area contributed by atoms with E-state index < -0.39 is 5.97 Å². The van der Waals surface area contributed by atoms with E-state index in [0.29, 0.717) is 23.1 Å². The number of amides is 1. The molecule has 0 aliphatic heterocycles. The molecule has 35 heavy (non-hydrogen) atoms. The van der Waals surface area contributed by atoms with Crippen LogP contribution >= 0.6 is 0 Å². The third-order valence-corrected chi connectivity index (χ3v) is 7.93. The van der Waals surface area contributed by atoms with Crippen molar-refractivity contribution in [2.75, 3.05) is 6.61 Å². The number of hydrogen-bond donors (Lipinski definition) is 0. The van der Waals surface area contributed by atoms with E-state index in [9.17, 15) is 14.4 Å². The van der Waals surface area contributed by atoms with Gasteiger partial charge in [0.2, 0.25) is 0 Å². The van der Waals surface area contributed by atoms with Gasteiger partial charge in [-0.05, 0) is 50.7 Å². The van der Waals surface area contributed by atoms with Crippen LogP contribution in [0.15, 0.2) is 29.1 Å². The number of esters is 1. The molecule has 3 aliphatic carbocycles. The highest BCUT2D eigenvalue weighted by molar-refractivity contribution is 5.81. The fraction of sp³-hybridized carbons (Fsp3) is 0.643. The predicted octanol–water partition coefficient (Wildman–Crippen LogP) is 4.70. The maximum absolute atomic E-state index is 13.3. The largest absolute Gasteiger partial charge is 0.456 e. The van der Waals surface area contributed by atoms with Gasteiger partial charge in [-0.2, -0.15) is 0 Å². The maximum atomic E-state index is 13.3. The number of aromatic nitrogens is 2. The van der Waals surface area contributed by atoms with E-state index >= 15 is 0 Å². The molecule has 1 aromatic carbocycles. The number of nitrogens with zero attached hydrogens (tertiary/aromatic N) is 3. The Morgan fingerprint density at radius 3 is 2.17 bits per heavy atom. The summed E-state index contributed by atoms with van der Waals surface area (Å²) < 4.78 is 7.24. The second kappa shape index (κ2) is 10.9. The topological polar surface area (TPSA) is 81.5 Å². The van der Waals surface area contributed by atoms with Crippen molar-refractivity contribution in [3.8, 4) is 0 Å². The van der Waals surface area contributed by atoms with Crippen LogP contribution in [0.3, 0.4) is 0 Å². The Morgan fingerprint density at radius 1 is 0.914 bits per heavy atom. The zero-order valence-electron chi connectivity index (χ0n) is 20.6. The number of ether oxygens (including phenoxy) is 1. The number of fused-ring (bicyclic) bond motifs is 1. The average Bonchev–Trinajstić information content (AvgIpc) is 3.73. The van der Waals surface area contributed by atoms with Crippen molar-refractivity contribution in [3.63, 3.8) is 0 Å². The lowest BCUT2D eigenvalue weighted by molar-refractivity contribution is -0.155. The number of benzene rings is 1. The van der Waals surface area contributed by atoms with Gasteiger partial charge in [0, 0.05) is 24.5 Å². The van der Waals surface area contributed by atoms with Crippen LogP contribution < -0.4 is 5.56 Å². The molecule has 5 rings (SSSR count). The van der Waals surface area contributed by atoms with Crippen molar-refractivity contribution < 1.29 is 14.3 Å². The Hall–Kier alpha value is -2.70. The minimum absolute atomic E-state index is 0.0350. The molecule has 3 aliphatic rings. The quantitative estimate of drug-likeness (QED) is 0.513. The van der Waals surface area contributed by atoms with Gasteiger partial charge in [0.15, 0.2) is 6.61 Å². The second-order valence-electron chi connectivity index (χ2n) is 10.5. The summed E-state index contributed by atoms with van der Waals surface area (Å²) in [6, 6.07) is 8.09. The first-order valence-electron chi connectivity index (χ1n) is 13.6. The van der Waals surface area contributed by atoms with Gasteiger partial charge >= 0.3 is 5.97 Å². The molecule has 0 spiro atoms. The number of aryl methyl sites for hydroxylation is 1. The van der Waals surface area contributed by atoms with Crippen LogP contribution in [-0.2, 0) is 20.7 Å². The molecule has 1 aromatic heterocycles. The summed E-state index contributed by atoms with van der Waals surface area (Å²) >= 11 is 0. The normalized spacial score (nSPS) is 19.5. The van der Waals surface area contributed by atoms with Gasteiger partial charge in [0.25, 0.3) is 11.5 Å². The summed E-state index contributed by atoms with van der Waals surface area (Å²) in [6.45, 7) is -0.188.